The molecule has 0 saturated carbocycles. The minimum Gasteiger partial charge on any atom is -0.475 e. The van der Waals surface area contributed by atoms with Gasteiger partial charge in [-0.05, 0) is 12.1 Å². The summed E-state index contributed by atoms with van der Waals surface area (Å²) in [5.74, 6) is -2.84. The average molecular weight is 306 g/mol. The minimum absolute atomic E-state index is 0.141. The number of carboxylic acid groups (broad SMARTS) is 2. The molecule has 3 aromatic rings. The van der Waals surface area contributed by atoms with Crippen LogP contribution in [-0.2, 0) is 0 Å². The van der Waals surface area contributed by atoms with Crippen molar-refractivity contribution in [2.24, 2.45) is 0 Å². The summed E-state index contributed by atoms with van der Waals surface area (Å²) in [6, 6.07) is 2.18. The molecular weight excluding hydrogens is 296 g/mol. The second-order valence-electron chi connectivity index (χ2n) is 3.84. The van der Waals surface area contributed by atoms with E-state index in [-0.39, 0.29) is 17.5 Å². The van der Waals surface area contributed by atoms with E-state index in [1.165, 1.54) is 6.33 Å². The number of nitrogens with zero attached hydrogens (tertiary/aromatic N) is 3. The number of H-pyrrole nitrogens is 1. The number of carboxylic acids is 2. The Kier molecular flexibility index (Phi) is 3.88. The standard InChI is InChI=1S/C6H4O5.C5H6N6/c7-5(8)3-1-2-4(11-3)6(9)10;6-3-2-4(9-1-8-2)11-5(7)10-3/h1-2H,(H,7,8)(H,9,10);1H,(H5,6,7,8,9,10,11). The Balaban J connectivity index is 0.000000160. The molecule has 0 unspecified atom stereocenters. The lowest BCUT2D eigenvalue weighted by Crippen LogP contribution is -1.99. The molecule has 0 aromatic carbocycles. The molecule has 0 atom stereocenters. The number of anilines is 2. The number of aromatic carboxylic acids is 2. The van der Waals surface area contributed by atoms with Gasteiger partial charge in [-0.3, -0.25) is 0 Å². The molecule has 0 fully saturated rings. The van der Waals surface area contributed by atoms with Crippen molar-refractivity contribution in [3.63, 3.8) is 0 Å². The third kappa shape index (κ3) is 3.09. The van der Waals surface area contributed by atoms with Gasteiger partial charge in [0.05, 0.1) is 6.33 Å². The van der Waals surface area contributed by atoms with Gasteiger partial charge < -0.3 is 31.1 Å². The molecule has 0 bridgehead atoms. The summed E-state index contributed by atoms with van der Waals surface area (Å²) in [6.45, 7) is 0. The topological polar surface area (TPSA) is 194 Å². The Bertz CT molecular complexity index is 810. The van der Waals surface area contributed by atoms with Crippen LogP contribution in [0.25, 0.3) is 11.2 Å². The lowest BCUT2D eigenvalue weighted by atomic mass is 10.4. The maximum Gasteiger partial charge on any atom is 0.371 e. The quantitative estimate of drug-likeness (QED) is 0.436. The Labute approximate surface area is 121 Å². The van der Waals surface area contributed by atoms with Crippen LogP contribution in [0.4, 0.5) is 11.8 Å². The molecule has 11 heteroatoms. The first-order valence-electron chi connectivity index (χ1n) is 5.67. The van der Waals surface area contributed by atoms with Crippen LogP contribution in [0.3, 0.4) is 0 Å². The molecule has 0 aliphatic heterocycles. The summed E-state index contributed by atoms with van der Waals surface area (Å²) in [7, 11) is 0. The van der Waals surface area contributed by atoms with Crippen molar-refractivity contribution < 1.29 is 24.2 Å². The fourth-order valence-corrected chi connectivity index (χ4v) is 1.44. The van der Waals surface area contributed by atoms with Crippen LogP contribution in [0.15, 0.2) is 22.9 Å². The maximum absolute atomic E-state index is 10.2. The van der Waals surface area contributed by atoms with Gasteiger partial charge in [0.25, 0.3) is 0 Å². The van der Waals surface area contributed by atoms with Gasteiger partial charge in [0, 0.05) is 0 Å². The highest BCUT2D eigenvalue weighted by molar-refractivity contribution is 5.89. The zero-order chi connectivity index (χ0) is 16.3. The van der Waals surface area contributed by atoms with E-state index in [1.54, 1.807) is 0 Å². The second-order valence-corrected chi connectivity index (χ2v) is 3.84. The fraction of sp³-hybridized carbons (Fsp3) is 0. The normalized spacial score (nSPS) is 10.0. The molecule has 7 N–H and O–H groups in total. The number of hydrogen-bond donors (Lipinski definition) is 5. The van der Waals surface area contributed by atoms with Crippen LogP contribution in [0.1, 0.15) is 21.1 Å². The molecule has 0 amide bonds. The molecule has 114 valence electrons. The number of furan rings is 1. The highest BCUT2D eigenvalue weighted by atomic mass is 16.4. The monoisotopic (exact) mass is 306 g/mol. The van der Waals surface area contributed by atoms with Gasteiger partial charge in [0.2, 0.25) is 17.5 Å². The third-order valence-electron chi connectivity index (χ3n) is 2.36. The van der Waals surface area contributed by atoms with E-state index < -0.39 is 11.9 Å². The predicted octanol–water partition coefficient (Wildman–Crippen LogP) is 0.193. The lowest BCUT2D eigenvalue weighted by molar-refractivity contribution is 0.0631. The molecule has 0 spiro atoms. The summed E-state index contributed by atoms with van der Waals surface area (Å²) in [5.41, 5.74) is 11.9. The molecule has 22 heavy (non-hydrogen) atoms. The van der Waals surface area contributed by atoms with Crippen molar-refractivity contribution in [3.05, 3.63) is 30.0 Å². The molecule has 3 aromatic heterocycles. The first-order valence-corrected chi connectivity index (χ1v) is 5.67. The number of hydrogen-bond acceptors (Lipinski definition) is 8. The first kappa shape index (κ1) is 14.8. The van der Waals surface area contributed by atoms with E-state index in [4.69, 9.17) is 21.7 Å². The molecule has 0 aliphatic carbocycles. The van der Waals surface area contributed by atoms with Gasteiger partial charge in [0.1, 0.15) is 5.52 Å². The van der Waals surface area contributed by atoms with Crippen LogP contribution in [-0.4, -0.2) is 42.1 Å². The van der Waals surface area contributed by atoms with Crippen molar-refractivity contribution in [1.82, 2.24) is 19.9 Å². The van der Waals surface area contributed by atoms with Gasteiger partial charge in [-0.25, -0.2) is 14.6 Å². The molecule has 3 heterocycles. The molecular formula is C11H10N6O5. The number of aromatic amines is 1. The van der Waals surface area contributed by atoms with Gasteiger partial charge in [-0.2, -0.15) is 9.97 Å². The van der Waals surface area contributed by atoms with Gasteiger partial charge in [-0.1, -0.05) is 0 Å². The minimum atomic E-state index is -1.28. The zero-order valence-corrected chi connectivity index (χ0v) is 10.8. The number of fused-ring (bicyclic) bond motifs is 1. The van der Waals surface area contributed by atoms with E-state index in [9.17, 15) is 9.59 Å². The highest BCUT2D eigenvalue weighted by Gasteiger charge is 2.12. The first-order chi connectivity index (χ1) is 10.4. The number of carbonyl (C=O) groups is 2. The Morgan fingerprint density at radius 2 is 1.68 bits per heavy atom. The van der Waals surface area contributed by atoms with E-state index in [0.717, 1.165) is 12.1 Å². The van der Waals surface area contributed by atoms with Crippen molar-refractivity contribution in [3.8, 4) is 0 Å². The number of nitrogens with one attached hydrogen (secondary N) is 1. The van der Waals surface area contributed by atoms with Crippen molar-refractivity contribution in [2.45, 2.75) is 0 Å². The molecule has 0 radical (unpaired) electrons. The fourth-order valence-electron chi connectivity index (χ4n) is 1.44. The summed E-state index contributed by atoms with van der Waals surface area (Å²) < 4.78 is 4.41. The van der Waals surface area contributed by atoms with Gasteiger partial charge >= 0.3 is 11.9 Å². The van der Waals surface area contributed by atoms with E-state index in [0.29, 0.717) is 17.0 Å². The number of rotatable bonds is 2. The molecule has 0 saturated heterocycles. The van der Waals surface area contributed by atoms with Gasteiger partial charge in [0.15, 0.2) is 11.5 Å². The summed E-state index contributed by atoms with van der Waals surface area (Å²) >= 11 is 0. The summed E-state index contributed by atoms with van der Waals surface area (Å²) in [5, 5.41) is 16.6. The Morgan fingerprint density at radius 1 is 1.09 bits per heavy atom. The van der Waals surface area contributed by atoms with Crippen molar-refractivity contribution in [2.75, 3.05) is 11.5 Å². The summed E-state index contributed by atoms with van der Waals surface area (Å²) in [6.07, 6.45) is 1.50. The predicted molar refractivity (Wildman–Crippen MR) is 73.1 cm³/mol. The SMILES string of the molecule is Nc1nc(N)c2[nH]cnc2n1.O=C(O)c1ccc(C(=O)O)o1. The maximum atomic E-state index is 10.2. The summed E-state index contributed by atoms with van der Waals surface area (Å²) in [4.78, 5) is 34.6. The van der Waals surface area contributed by atoms with Gasteiger partial charge in [-0.15, -0.1) is 0 Å². The number of imidazole rings is 1. The van der Waals surface area contributed by atoms with Crippen molar-refractivity contribution >= 4 is 34.9 Å². The molecule has 11 nitrogen and oxygen atoms in total. The highest BCUT2D eigenvalue weighted by Crippen LogP contribution is 2.12. The average Bonchev–Trinajstić information content (AvgIpc) is 3.07. The molecule has 3 rings (SSSR count). The van der Waals surface area contributed by atoms with Crippen LogP contribution in [0.5, 0.6) is 0 Å². The second kappa shape index (κ2) is 5.78. The zero-order valence-electron chi connectivity index (χ0n) is 10.8. The van der Waals surface area contributed by atoms with Crippen molar-refractivity contribution in [1.29, 1.82) is 0 Å². The number of nitrogens with two attached hydrogens (primary N) is 2. The van der Waals surface area contributed by atoms with Crippen LogP contribution in [0.2, 0.25) is 0 Å². The number of nitrogen functional groups attached to an aromatic ring is 2. The molecule has 0 aliphatic rings. The number of aromatic nitrogens is 4. The smallest absolute Gasteiger partial charge is 0.371 e. The largest absolute Gasteiger partial charge is 0.475 e. The van der Waals surface area contributed by atoms with E-state index in [1.807, 2.05) is 0 Å². The lowest BCUT2D eigenvalue weighted by Gasteiger charge is -1.94. The van der Waals surface area contributed by atoms with E-state index >= 15 is 0 Å². The van der Waals surface area contributed by atoms with E-state index in [2.05, 4.69) is 24.4 Å². The third-order valence-corrected chi connectivity index (χ3v) is 2.36. The Hall–Kier alpha value is -3.63. The van der Waals surface area contributed by atoms with Crippen LogP contribution >= 0.6 is 0 Å². The van der Waals surface area contributed by atoms with Crippen LogP contribution < -0.4 is 11.5 Å². The van der Waals surface area contributed by atoms with Crippen LogP contribution in [0, 0.1) is 0 Å². The Morgan fingerprint density at radius 3 is 2.18 bits per heavy atom.